The van der Waals surface area contributed by atoms with Crippen molar-refractivity contribution in [3.05, 3.63) is 29.8 Å². The summed E-state index contributed by atoms with van der Waals surface area (Å²) in [5, 5.41) is 2.63. The Morgan fingerprint density at radius 2 is 1.95 bits per heavy atom. The molecule has 0 aromatic heterocycles. The van der Waals surface area contributed by atoms with E-state index in [2.05, 4.69) is 5.32 Å². The molecule has 0 fully saturated rings. The number of amides is 2. The highest BCUT2D eigenvalue weighted by molar-refractivity contribution is 5.91. The number of alkyl halides is 3. The Hall–Kier alpha value is -2.05. The van der Waals surface area contributed by atoms with Crippen LogP contribution in [0.2, 0.25) is 0 Å². The first kappa shape index (κ1) is 18.0. The van der Waals surface area contributed by atoms with Gasteiger partial charge in [-0.3, -0.25) is 9.59 Å². The van der Waals surface area contributed by atoms with Crippen LogP contribution in [0, 0.1) is 0 Å². The zero-order valence-corrected chi connectivity index (χ0v) is 12.5. The van der Waals surface area contributed by atoms with E-state index in [1.165, 1.54) is 24.0 Å². The number of benzene rings is 1. The van der Waals surface area contributed by atoms with Crippen molar-refractivity contribution in [3.63, 3.8) is 0 Å². The second-order valence-corrected chi connectivity index (χ2v) is 4.82. The lowest BCUT2D eigenvalue weighted by Crippen LogP contribution is -2.37. The predicted molar refractivity (Wildman–Crippen MR) is 77.4 cm³/mol. The molecule has 2 amide bonds. The Morgan fingerprint density at radius 3 is 2.50 bits per heavy atom. The quantitative estimate of drug-likeness (QED) is 0.877. The maximum atomic E-state index is 12.7. The Morgan fingerprint density at radius 1 is 1.27 bits per heavy atom. The second kappa shape index (κ2) is 7.82. The van der Waals surface area contributed by atoms with Crippen LogP contribution in [0.5, 0.6) is 0 Å². The number of nitrogens with zero attached hydrogens (tertiary/aromatic N) is 1. The first-order valence-electron chi connectivity index (χ1n) is 6.97. The molecule has 0 aliphatic heterocycles. The number of halogens is 3. The summed E-state index contributed by atoms with van der Waals surface area (Å²) in [6, 6.07) is 4.56. The maximum Gasteiger partial charge on any atom is 0.416 e. The molecule has 122 valence electrons. The molecule has 1 N–H and O–H groups in total. The highest BCUT2D eigenvalue weighted by Gasteiger charge is 2.31. The summed E-state index contributed by atoms with van der Waals surface area (Å²) in [6.45, 7) is 3.44. The third-order valence-corrected chi connectivity index (χ3v) is 3.00. The SMILES string of the molecule is CCCC(=O)NCCN(C(C)=O)c1cccc(C(F)(F)F)c1. The number of carbonyl (C=O) groups excluding carboxylic acids is 2. The van der Waals surface area contributed by atoms with Crippen LogP contribution in [0.25, 0.3) is 0 Å². The summed E-state index contributed by atoms with van der Waals surface area (Å²) in [4.78, 5) is 24.2. The number of hydrogen-bond acceptors (Lipinski definition) is 2. The number of anilines is 1. The van der Waals surface area contributed by atoms with Gasteiger partial charge in [0, 0.05) is 32.1 Å². The van der Waals surface area contributed by atoms with Gasteiger partial charge in [0.05, 0.1) is 5.56 Å². The molecule has 0 saturated carbocycles. The Bertz CT molecular complexity index is 530. The molecule has 0 spiro atoms. The molecule has 0 aliphatic carbocycles. The smallest absolute Gasteiger partial charge is 0.354 e. The maximum absolute atomic E-state index is 12.7. The molecular weight excluding hydrogens is 297 g/mol. The molecule has 1 aromatic carbocycles. The molecule has 0 aliphatic rings. The van der Waals surface area contributed by atoms with Crippen LogP contribution < -0.4 is 10.2 Å². The lowest BCUT2D eigenvalue weighted by Gasteiger charge is -2.22. The van der Waals surface area contributed by atoms with E-state index in [9.17, 15) is 22.8 Å². The second-order valence-electron chi connectivity index (χ2n) is 4.82. The van der Waals surface area contributed by atoms with Crippen molar-refractivity contribution in [2.24, 2.45) is 0 Å². The summed E-state index contributed by atoms with van der Waals surface area (Å²) in [6.07, 6.45) is -3.38. The van der Waals surface area contributed by atoms with Crippen molar-refractivity contribution in [3.8, 4) is 0 Å². The van der Waals surface area contributed by atoms with E-state index in [0.717, 1.165) is 12.1 Å². The van der Waals surface area contributed by atoms with Gasteiger partial charge >= 0.3 is 6.18 Å². The van der Waals surface area contributed by atoms with Gasteiger partial charge in [-0.15, -0.1) is 0 Å². The highest BCUT2D eigenvalue weighted by Crippen LogP contribution is 2.31. The standard InChI is InChI=1S/C15H19F3N2O2/c1-3-5-14(22)19-8-9-20(11(2)21)13-7-4-6-12(10-13)15(16,17)18/h4,6-7,10H,3,5,8-9H2,1-2H3,(H,19,22). The number of nitrogens with one attached hydrogen (secondary N) is 1. The number of hydrogen-bond donors (Lipinski definition) is 1. The van der Waals surface area contributed by atoms with E-state index in [4.69, 9.17) is 0 Å². The van der Waals surface area contributed by atoms with Crippen molar-refractivity contribution >= 4 is 17.5 Å². The lowest BCUT2D eigenvalue weighted by molar-refractivity contribution is -0.137. The highest BCUT2D eigenvalue weighted by atomic mass is 19.4. The fourth-order valence-corrected chi connectivity index (χ4v) is 1.94. The molecule has 0 saturated heterocycles. The Kier molecular flexibility index (Phi) is 6.39. The monoisotopic (exact) mass is 316 g/mol. The van der Waals surface area contributed by atoms with Crippen LogP contribution in [0.3, 0.4) is 0 Å². The van der Waals surface area contributed by atoms with Crippen LogP contribution in [0.1, 0.15) is 32.3 Å². The molecule has 4 nitrogen and oxygen atoms in total. The molecule has 0 bridgehead atoms. The molecule has 1 aromatic rings. The summed E-state index contributed by atoms with van der Waals surface area (Å²) >= 11 is 0. The van der Waals surface area contributed by atoms with E-state index in [0.29, 0.717) is 12.8 Å². The minimum absolute atomic E-state index is 0.117. The predicted octanol–water partition coefficient (Wildman–Crippen LogP) is 2.97. The summed E-state index contributed by atoms with van der Waals surface area (Å²) < 4.78 is 38.1. The summed E-state index contributed by atoms with van der Waals surface area (Å²) in [7, 11) is 0. The summed E-state index contributed by atoms with van der Waals surface area (Å²) in [5.41, 5.74) is -0.654. The van der Waals surface area contributed by atoms with E-state index in [-0.39, 0.29) is 30.6 Å². The van der Waals surface area contributed by atoms with Gasteiger partial charge in [-0.05, 0) is 24.6 Å². The molecule has 0 unspecified atom stereocenters. The molecule has 1 rings (SSSR count). The average molecular weight is 316 g/mol. The van der Waals surface area contributed by atoms with Crippen molar-refractivity contribution in [2.75, 3.05) is 18.0 Å². The largest absolute Gasteiger partial charge is 0.416 e. The molecule has 0 heterocycles. The van der Waals surface area contributed by atoms with Gasteiger partial charge in [-0.25, -0.2) is 0 Å². The van der Waals surface area contributed by atoms with Crippen molar-refractivity contribution < 1.29 is 22.8 Å². The lowest BCUT2D eigenvalue weighted by atomic mass is 10.1. The Labute approximate surface area is 127 Å². The fraction of sp³-hybridized carbons (Fsp3) is 0.467. The first-order chi connectivity index (χ1) is 10.3. The molecule has 0 atom stereocenters. The van der Waals surface area contributed by atoms with Gasteiger partial charge in [0.2, 0.25) is 11.8 Å². The van der Waals surface area contributed by atoms with Crippen LogP contribution >= 0.6 is 0 Å². The minimum Gasteiger partial charge on any atom is -0.354 e. The third kappa shape index (κ3) is 5.38. The van der Waals surface area contributed by atoms with Gasteiger partial charge in [-0.1, -0.05) is 13.0 Å². The summed E-state index contributed by atoms with van der Waals surface area (Å²) in [5.74, 6) is -0.529. The van der Waals surface area contributed by atoms with Crippen molar-refractivity contribution in [2.45, 2.75) is 32.9 Å². The average Bonchev–Trinajstić information content (AvgIpc) is 2.42. The van der Waals surface area contributed by atoms with Gasteiger partial charge in [0.15, 0.2) is 0 Å². The van der Waals surface area contributed by atoms with Crippen molar-refractivity contribution in [1.82, 2.24) is 5.32 Å². The third-order valence-electron chi connectivity index (χ3n) is 3.00. The van der Waals surface area contributed by atoms with Gasteiger partial charge in [0.25, 0.3) is 0 Å². The topological polar surface area (TPSA) is 49.4 Å². The number of rotatable bonds is 6. The zero-order valence-electron chi connectivity index (χ0n) is 12.5. The van der Waals surface area contributed by atoms with Crippen LogP contribution in [0.4, 0.5) is 18.9 Å². The van der Waals surface area contributed by atoms with Crippen LogP contribution in [-0.2, 0) is 15.8 Å². The van der Waals surface area contributed by atoms with Gasteiger partial charge in [0.1, 0.15) is 0 Å². The van der Waals surface area contributed by atoms with Crippen LogP contribution in [-0.4, -0.2) is 24.9 Å². The van der Waals surface area contributed by atoms with Crippen molar-refractivity contribution in [1.29, 1.82) is 0 Å². The normalized spacial score (nSPS) is 11.1. The number of carbonyl (C=O) groups is 2. The van der Waals surface area contributed by atoms with E-state index < -0.39 is 11.7 Å². The Balaban J connectivity index is 2.79. The van der Waals surface area contributed by atoms with Crippen LogP contribution in [0.15, 0.2) is 24.3 Å². The molecule has 22 heavy (non-hydrogen) atoms. The minimum atomic E-state index is -4.46. The van der Waals surface area contributed by atoms with E-state index in [1.54, 1.807) is 0 Å². The van der Waals surface area contributed by atoms with E-state index >= 15 is 0 Å². The molecular formula is C15H19F3N2O2. The van der Waals surface area contributed by atoms with Gasteiger partial charge < -0.3 is 10.2 Å². The fourth-order valence-electron chi connectivity index (χ4n) is 1.94. The van der Waals surface area contributed by atoms with Gasteiger partial charge in [-0.2, -0.15) is 13.2 Å². The van der Waals surface area contributed by atoms with E-state index in [1.807, 2.05) is 6.92 Å². The molecule has 7 heteroatoms. The first-order valence-corrected chi connectivity index (χ1v) is 6.97. The zero-order chi connectivity index (χ0) is 16.8. The molecule has 0 radical (unpaired) electrons.